The van der Waals surface area contributed by atoms with Crippen LogP contribution in [0.25, 0.3) is 0 Å². The Hall–Kier alpha value is -2.88. The summed E-state index contributed by atoms with van der Waals surface area (Å²) in [6.07, 6.45) is 1.62. The fourth-order valence-electron chi connectivity index (χ4n) is 3.75. The summed E-state index contributed by atoms with van der Waals surface area (Å²) in [5.41, 5.74) is 8.16. The maximum absolute atomic E-state index is 10.6. The first-order valence-corrected chi connectivity index (χ1v) is 9.35. The fraction of sp³-hybridized carbons (Fsp3) is 0.579. The van der Waals surface area contributed by atoms with Crippen molar-refractivity contribution in [3.05, 3.63) is 62.2 Å². The lowest BCUT2D eigenvalue weighted by molar-refractivity contribution is -0.790. The Labute approximate surface area is 168 Å². The number of rotatable bonds is 10. The van der Waals surface area contributed by atoms with Crippen LogP contribution in [0.1, 0.15) is 38.7 Å². The van der Waals surface area contributed by atoms with Crippen LogP contribution in [-0.4, -0.2) is 29.5 Å². The number of benzene rings is 1. The molecular weight excluding hydrogens is 382 g/mol. The highest BCUT2D eigenvalue weighted by molar-refractivity contribution is 5.34. The molecule has 2 rings (SSSR count). The first-order valence-electron chi connectivity index (χ1n) is 9.35. The summed E-state index contributed by atoms with van der Waals surface area (Å²) < 4.78 is 5.56. The summed E-state index contributed by atoms with van der Waals surface area (Å²) in [5, 5.41) is 18.8. The highest BCUT2D eigenvalue weighted by Gasteiger charge is 2.36. The Balaban J connectivity index is 2.08. The third-order valence-corrected chi connectivity index (χ3v) is 5.20. The molecule has 2 N–H and O–H groups in total. The predicted octanol–water partition coefficient (Wildman–Crippen LogP) is 3.02. The van der Waals surface area contributed by atoms with Crippen molar-refractivity contribution in [3.63, 3.8) is 0 Å². The Morgan fingerprint density at radius 3 is 2.62 bits per heavy atom. The number of allylic oxidation sites excluding steroid dienone is 1. The second-order valence-corrected chi connectivity index (χ2v) is 7.79. The summed E-state index contributed by atoms with van der Waals surface area (Å²) in [5.74, 6) is 1.18. The van der Waals surface area contributed by atoms with Gasteiger partial charge in [0.25, 0.3) is 10.2 Å². The van der Waals surface area contributed by atoms with Crippen LogP contribution in [0.4, 0.5) is 0 Å². The number of hydrogen-bond donors (Lipinski definition) is 1. The molecule has 160 valence electrons. The van der Waals surface area contributed by atoms with E-state index >= 15 is 0 Å². The number of nitrogens with two attached hydrogens (primary N) is 1. The van der Waals surface area contributed by atoms with Gasteiger partial charge in [-0.3, -0.25) is 0 Å². The first-order chi connectivity index (χ1) is 13.6. The van der Waals surface area contributed by atoms with Gasteiger partial charge in [0.2, 0.25) is 0 Å². The highest BCUT2D eigenvalue weighted by Crippen LogP contribution is 2.41. The molecule has 4 atom stereocenters. The summed E-state index contributed by atoms with van der Waals surface area (Å²) in [6.45, 7) is 7.39. The van der Waals surface area contributed by atoms with Crippen LogP contribution >= 0.6 is 0 Å². The zero-order valence-electron chi connectivity index (χ0n) is 16.6. The Morgan fingerprint density at radius 1 is 1.28 bits per heavy atom. The summed E-state index contributed by atoms with van der Waals surface area (Å²) in [6, 6.07) is 7.16. The molecule has 0 aromatic heterocycles. The molecular formula is C19H27N3O7. The van der Waals surface area contributed by atoms with E-state index in [2.05, 4.69) is 23.2 Å². The second kappa shape index (κ2) is 9.55. The first kappa shape index (κ1) is 22.4. The molecule has 0 saturated heterocycles. The SMILES string of the molecule is C=C1CC(C)CC(C(C)(N)c2cccc(OCC(CO[N+](=O)[O-])O[N+](=O)[O-])c2)C1. The van der Waals surface area contributed by atoms with Gasteiger partial charge < -0.3 is 20.1 Å². The van der Waals surface area contributed by atoms with Crippen molar-refractivity contribution in [2.24, 2.45) is 17.6 Å². The van der Waals surface area contributed by atoms with Crippen LogP contribution in [0.15, 0.2) is 36.4 Å². The third kappa shape index (κ3) is 6.60. The minimum absolute atomic E-state index is 0.230. The Kier molecular flexibility index (Phi) is 7.38. The number of ether oxygens (including phenoxy) is 1. The normalized spacial score (nSPS) is 22.2. The van der Waals surface area contributed by atoms with Gasteiger partial charge in [0.05, 0.1) is 0 Å². The molecule has 0 bridgehead atoms. The maximum atomic E-state index is 10.6. The van der Waals surface area contributed by atoms with Gasteiger partial charge >= 0.3 is 0 Å². The van der Waals surface area contributed by atoms with Crippen molar-refractivity contribution < 1.29 is 24.6 Å². The van der Waals surface area contributed by atoms with Gasteiger partial charge in [-0.2, -0.15) is 0 Å². The van der Waals surface area contributed by atoms with E-state index in [4.69, 9.17) is 10.5 Å². The lowest BCUT2D eigenvalue weighted by Gasteiger charge is -2.40. The van der Waals surface area contributed by atoms with Gasteiger partial charge in [0.1, 0.15) is 19.0 Å². The van der Waals surface area contributed by atoms with Crippen LogP contribution in [0.3, 0.4) is 0 Å². The van der Waals surface area contributed by atoms with Crippen molar-refractivity contribution in [1.29, 1.82) is 0 Å². The minimum atomic E-state index is -1.24. The zero-order valence-corrected chi connectivity index (χ0v) is 16.6. The average Bonchev–Trinajstić information content (AvgIpc) is 2.63. The van der Waals surface area contributed by atoms with Crippen LogP contribution in [0.2, 0.25) is 0 Å². The standard InChI is InChI=1S/C19H27N3O7/c1-13-7-14(2)9-16(8-13)19(3,20)15-5-4-6-17(10-15)27-11-18(29-22(25)26)12-28-21(23)24/h4-6,10,14,16,18H,1,7-9,11-12,20H2,2-3H3. The molecule has 29 heavy (non-hydrogen) atoms. The van der Waals surface area contributed by atoms with Gasteiger partial charge in [0.15, 0.2) is 6.10 Å². The van der Waals surface area contributed by atoms with Gasteiger partial charge in [0, 0.05) is 5.54 Å². The van der Waals surface area contributed by atoms with E-state index in [0.29, 0.717) is 11.7 Å². The lowest BCUT2D eigenvalue weighted by Crippen LogP contribution is -2.43. The molecule has 1 aliphatic carbocycles. The molecule has 0 radical (unpaired) electrons. The molecule has 1 aromatic rings. The van der Waals surface area contributed by atoms with E-state index < -0.39 is 28.4 Å². The number of hydrogen-bond acceptors (Lipinski definition) is 8. The van der Waals surface area contributed by atoms with Crippen molar-refractivity contribution in [2.75, 3.05) is 13.2 Å². The highest BCUT2D eigenvalue weighted by atomic mass is 17.0. The summed E-state index contributed by atoms with van der Waals surface area (Å²) in [4.78, 5) is 29.4. The molecule has 1 aliphatic rings. The van der Waals surface area contributed by atoms with Gasteiger partial charge in [-0.1, -0.05) is 31.2 Å². The monoisotopic (exact) mass is 409 g/mol. The quantitative estimate of drug-likeness (QED) is 0.353. The average molecular weight is 409 g/mol. The van der Waals surface area contributed by atoms with Crippen LogP contribution in [0, 0.1) is 32.1 Å². The van der Waals surface area contributed by atoms with Gasteiger partial charge in [-0.15, -0.1) is 20.2 Å². The molecule has 10 heteroatoms. The fourth-order valence-corrected chi connectivity index (χ4v) is 3.75. The third-order valence-electron chi connectivity index (χ3n) is 5.20. The Bertz CT molecular complexity index is 753. The molecule has 0 aliphatic heterocycles. The molecule has 1 saturated carbocycles. The van der Waals surface area contributed by atoms with Crippen LogP contribution in [-0.2, 0) is 15.2 Å². The van der Waals surface area contributed by atoms with E-state index in [0.717, 1.165) is 24.8 Å². The molecule has 1 aromatic carbocycles. The van der Waals surface area contributed by atoms with Gasteiger partial charge in [-0.25, -0.2) is 0 Å². The molecule has 4 unspecified atom stereocenters. The van der Waals surface area contributed by atoms with E-state index in [9.17, 15) is 20.2 Å². The zero-order chi connectivity index (χ0) is 21.6. The molecule has 1 fully saturated rings. The largest absolute Gasteiger partial charge is 0.491 e. The van der Waals surface area contributed by atoms with Crippen molar-refractivity contribution in [3.8, 4) is 5.75 Å². The predicted molar refractivity (Wildman–Crippen MR) is 104 cm³/mol. The smallest absolute Gasteiger partial charge is 0.294 e. The van der Waals surface area contributed by atoms with E-state index in [1.54, 1.807) is 18.2 Å². The van der Waals surface area contributed by atoms with Crippen molar-refractivity contribution >= 4 is 0 Å². The van der Waals surface area contributed by atoms with Gasteiger partial charge in [-0.05, 0) is 55.7 Å². The second-order valence-electron chi connectivity index (χ2n) is 7.79. The molecule has 0 heterocycles. The van der Waals surface area contributed by atoms with E-state index in [1.807, 2.05) is 13.0 Å². The summed E-state index contributed by atoms with van der Waals surface area (Å²) in [7, 11) is 0. The lowest BCUT2D eigenvalue weighted by atomic mass is 9.68. The summed E-state index contributed by atoms with van der Waals surface area (Å²) >= 11 is 0. The molecule has 0 amide bonds. The van der Waals surface area contributed by atoms with E-state index in [-0.39, 0.29) is 12.5 Å². The molecule has 0 spiro atoms. The Morgan fingerprint density at radius 2 is 2.00 bits per heavy atom. The molecule has 10 nitrogen and oxygen atoms in total. The van der Waals surface area contributed by atoms with Crippen molar-refractivity contribution in [1.82, 2.24) is 0 Å². The maximum Gasteiger partial charge on any atom is 0.294 e. The van der Waals surface area contributed by atoms with E-state index in [1.165, 1.54) is 5.57 Å². The van der Waals surface area contributed by atoms with Crippen LogP contribution < -0.4 is 10.5 Å². The number of nitrogens with zero attached hydrogens (tertiary/aromatic N) is 2. The minimum Gasteiger partial charge on any atom is -0.491 e. The van der Waals surface area contributed by atoms with Crippen LogP contribution in [0.5, 0.6) is 5.75 Å². The van der Waals surface area contributed by atoms with Crippen molar-refractivity contribution in [2.45, 2.75) is 44.8 Å². The topological polar surface area (TPSA) is 140 Å².